The van der Waals surface area contributed by atoms with E-state index < -0.39 is 6.03 Å². The van der Waals surface area contributed by atoms with Gasteiger partial charge in [0.25, 0.3) is 0 Å². The van der Waals surface area contributed by atoms with Crippen LogP contribution in [-0.4, -0.2) is 37.5 Å². The fourth-order valence-electron chi connectivity index (χ4n) is 1.67. The van der Waals surface area contributed by atoms with Crippen molar-refractivity contribution in [2.75, 3.05) is 25.0 Å². The third-order valence-electron chi connectivity index (χ3n) is 2.85. The molecule has 1 aromatic carbocycles. The third-order valence-corrected chi connectivity index (χ3v) is 3.35. The quantitative estimate of drug-likeness (QED) is 0.573. The molecule has 0 saturated carbocycles. The van der Waals surface area contributed by atoms with Crippen LogP contribution >= 0.6 is 15.9 Å². The van der Waals surface area contributed by atoms with Gasteiger partial charge in [-0.25, -0.2) is 4.79 Å². The second kappa shape index (κ2) is 9.83. The van der Waals surface area contributed by atoms with Gasteiger partial charge >= 0.3 is 6.03 Å². The molecule has 0 unspecified atom stereocenters. The maximum absolute atomic E-state index is 11.8. The van der Waals surface area contributed by atoms with Crippen molar-refractivity contribution in [3.05, 3.63) is 28.2 Å². The van der Waals surface area contributed by atoms with Crippen molar-refractivity contribution in [3.63, 3.8) is 0 Å². The van der Waals surface area contributed by atoms with Crippen LogP contribution in [0.2, 0.25) is 0 Å². The van der Waals surface area contributed by atoms with Crippen LogP contribution in [0.25, 0.3) is 0 Å². The molecular formula is C15H21BrN4O3. The summed E-state index contributed by atoms with van der Waals surface area (Å²) in [5.74, 6) is -0.613. The number of hydrogen-bond acceptors (Lipinski definition) is 3. The van der Waals surface area contributed by atoms with E-state index in [1.165, 1.54) is 0 Å². The Morgan fingerprint density at radius 1 is 1.04 bits per heavy atom. The first kappa shape index (κ1) is 19.0. The number of benzene rings is 1. The molecule has 0 aliphatic heterocycles. The summed E-state index contributed by atoms with van der Waals surface area (Å²) < 4.78 is 0.923. The highest BCUT2D eigenvalue weighted by atomic mass is 79.9. The lowest BCUT2D eigenvalue weighted by Crippen LogP contribution is -2.44. The van der Waals surface area contributed by atoms with Crippen LogP contribution in [0.1, 0.15) is 18.9 Å². The van der Waals surface area contributed by atoms with E-state index >= 15 is 0 Å². The van der Waals surface area contributed by atoms with Gasteiger partial charge < -0.3 is 21.3 Å². The molecule has 7 nitrogen and oxygen atoms in total. The highest BCUT2D eigenvalue weighted by molar-refractivity contribution is 9.10. The van der Waals surface area contributed by atoms with Crippen molar-refractivity contribution in [3.8, 4) is 0 Å². The molecule has 0 heterocycles. The molecule has 126 valence electrons. The van der Waals surface area contributed by atoms with E-state index in [2.05, 4.69) is 37.2 Å². The molecule has 0 aromatic heterocycles. The van der Waals surface area contributed by atoms with Gasteiger partial charge in [-0.2, -0.15) is 0 Å². The lowest BCUT2D eigenvalue weighted by Gasteiger charge is -2.10. The number of nitrogens with one attached hydrogen (secondary N) is 4. The molecule has 1 aromatic rings. The summed E-state index contributed by atoms with van der Waals surface area (Å²) in [5, 5.41) is 10.1. The fraction of sp³-hybridized carbons (Fsp3) is 0.400. The Bertz CT molecular complexity index is 578. The molecule has 0 spiro atoms. The molecule has 0 aliphatic rings. The molecule has 4 N–H and O–H groups in total. The van der Waals surface area contributed by atoms with Crippen molar-refractivity contribution in [2.24, 2.45) is 0 Å². The van der Waals surface area contributed by atoms with E-state index in [-0.39, 0.29) is 24.9 Å². The Morgan fingerprint density at radius 2 is 1.70 bits per heavy atom. The number of carbonyl (C=O) groups is 3. The third kappa shape index (κ3) is 7.64. The Kier molecular flexibility index (Phi) is 8.10. The van der Waals surface area contributed by atoms with E-state index in [0.717, 1.165) is 16.5 Å². The smallest absolute Gasteiger partial charge is 0.315 e. The Labute approximate surface area is 143 Å². The summed E-state index contributed by atoms with van der Waals surface area (Å²) in [6.45, 7) is 4.07. The van der Waals surface area contributed by atoms with Gasteiger partial charge in [-0.15, -0.1) is 0 Å². The molecule has 8 heteroatoms. The summed E-state index contributed by atoms with van der Waals surface area (Å²) in [7, 11) is 0. The summed E-state index contributed by atoms with van der Waals surface area (Å²) in [5.41, 5.74) is 1.59. The number of anilines is 1. The SMILES string of the molecule is CCCNC(=O)CNC(=O)NCC(=O)Nc1ccc(Br)cc1C. The van der Waals surface area contributed by atoms with Crippen molar-refractivity contribution in [2.45, 2.75) is 20.3 Å². The second-order valence-electron chi connectivity index (χ2n) is 4.89. The molecule has 0 aliphatic carbocycles. The summed E-state index contributed by atoms with van der Waals surface area (Å²) in [4.78, 5) is 34.6. The minimum Gasteiger partial charge on any atom is -0.355 e. The normalized spacial score (nSPS) is 9.87. The number of carbonyl (C=O) groups excluding carboxylic acids is 3. The number of urea groups is 1. The number of hydrogen-bond donors (Lipinski definition) is 4. The monoisotopic (exact) mass is 384 g/mol. The van der Waals surface area contributed by atoms with Crippen LogP contribution in [-0.2, 0) is 9.59 Å². The molecule has 0 fully saturated rings. The molecule has 0 atom stereocenters. The molecule has 0 radical (unpaired) electrons. The van der Waals surface area contributed by atoms with Crippen molar-refractivity contribution in [1.29, 1.82) is 0 Å². The fourth-order valence-corrected chi connectivity index (χ4v) is 2.15. The minimum atomic E-state index is -0.570. The summed E-state index contributed by atoms with van der Waals surface area (Å²) in [6, 6.07) is 4.90. The first-order valence-electron chi connectivity index (χ1n) is 7.26. The lowest BCUT2D eigenvalue weighted by atomic mass is 10.2. The van der Waals surface area contributed by atoms with Gasteiger partial charge in [-0.05, 0) is 37.1 Å². The highest BCUT2D eigenvalue weighted by Crippen LogP contribution is 2.19. The molecule has 4 amide bonds. The number of aryl methyl sites for hydroxylation is 1. The maximum Gasteiger partial charge on any atom is 0.315 e. The Morgan fingerprint density at radius 3 is 2.30 bits per heavy atom. The Balaban J connectivity index is 2.30. The van der Waals surface area contributed by atoms with Gasteiger partial charge in [0, 0.05) is 16.7 Å². The molecule has 1 rings (SSSR count). The van der Waals surface area contributed by atoms with E-state index in [9.17, 15) is 14.4 Å². The molecule has 0 bridgehead atoms. The number of amides is 4. The van der Waals surface area contributed by atoms with Crippen molar-refractivity contribution in [1.82, 2.24) is 16.0 Å². The van der Waals surface area contributed by atoms with Crippen LogP contribution in [0.3, 0.4) is 0 Å². The molecular weight excluding hydrogens is 364 g/mol. The first-order chi connectivity index (χ1) is 10.9. The minimum absolute atomic E-state index is 0.126. The van der Waals surface area contributed by atoms with Crippen LogP contribution < -0.4 is 21.3 Å². The van der Waals surface area contributed by atoms with E-state index in [0.29, 0.717) is 12.2 Å². The van der Waals surface area contributed by atoms with Crippen LogP contribution in [0.5, 0.6) is 0 Å². The second-order valence-corrected chi connectivity index (χ2v) is 5.81. The molecule has 23 heavy (non-hydrogen) atoms. The number of rotatable bonds is 7. The number of halogens is 1. The van der Waals surface area contributed by atoms with Gasteiger partial charge in [0.1, 0.15) is 0 Å². The van der Waals surface area contributed by atoms with Gasteiger partial charge in [0.15, 0.2) is 0 Å². The van der Waals surface area contributed by atoms with Gasteiger partial charge in [0.05, 0.1) is 13.1 Å². The first-order valence-corrected chi connectivity index (χ1v) is 8.06. The molecule has 0 saturated heterocycles. The van der Waals surface area contributed by atoms with Crippen LogP contribution in [0.15, 0.2) is 22.7 Å². The highest BCUT2D eigenvalue weighted by Gasteiger charge is 2.08. The van der Waals surface area contributed by atoms with Crippen molar-refractivity contribution >= 4 is 39.5 Å². The zero-order valence-corrected chi connectivity index (χ0v) is 14.7. The topological polar surface area (TPSA) is 99.3 Å². The van der Waals surface area contributed by atoms with E-state index in [1.54, 1.807) is 6.07 Å². The predicted molar refractivity (Wildman–Crippen MR) is 92.2 cm³/mol. The zero-order valence-electron chi connectivity index (χ0n) is 13.2. The zero-order chi connectivity index (χ0) is 17.2. The summed E-state index contributed by atoms with van der Waals surface area (Å²) >= 11 is 3.35. The largest absolute Gasteiger partial charge is 0.355 e. The van der Waals surface area contributed by atoms with E-state index in [1.807, 2.05) is 26.0 Å². The average molecular weight is 385 g/mol. The standard InChI is InChI=1S/C15H21BrN4O3/c1-3-6-17-13(21)8-18-15(23)19-9-14(22)20-12-5-4-11(16)7-10(12)2/h4-5,7H,3,6,8-9H2,1-2H3,(H,17,21)(H,20,22)(H2,18,19,23). The average Bonchev–Trinajstić information content (AvgIpc) is 2.51. The van der Waals surface area contributed by atoms with Gasteiger partial charge in [-0.3, -0.25) is 9.59 Å². The van der Waals surface area contributed by atoms with Gasteiger partial charge in [0.2, 0.25) is 11.8 Å². The summed E-state index contributed by atoms with van der Waals surface area (Å²) in [6.07, 6.45) is 0.827. The van der Waals surface area contributed by atoms with Gasteiger partial charge in [-0.1, -0.05) is 22.9 Å². The predicted octanol–water partition coefficient (Wildman–Crippen LogP) is 1.52. The lowest BCUT2D eigenvalue weighted by molar-refractivity contribution is -0.120. The van der Waals surface area contributed by atoms with E-state index in [4.69, 9.17) is 0 Å². The Hall–Kier alpha value is -2.09. The van der Waals surface area contributed by atoms with Crippen molar-refractivity contribution < 1.29 is 14.4 Å². The maximum atomic E-state index is 11.8. The van der Waals surface area contributed by atoms with Crippen LogP contribution in [0, 0.1) is 6.92 Å². The van der Waals surface area contributed by atoms with Crippen LogP contribution in [0.4, 0.5) is 10.5 Å².